The van der Waals surface area contributed by atoms with Gasteiger partial charge in [0.05, 0.1) is 40.0 Å². The molecule has 0 fully saturated rings. The van der Waals surface area contributed by atoms with Crippen LogP contribution in [0.5, 0.6) is 0 Å². The van der Waals surface area contributed by atoms with Gasteiger partial charge in [-0.25, -0.2) is 0 Å². The minimum absolute atomic E-state index is 0.599. The van der Waals surface area contributed by atoms with Gasteiger partial charge in [-0.3, -0.25) is 9.36 Å². The molecule has 0 aliphatic rings. The summed E-state index contributed by atoms with van der Waals surface area (Å²) in [6, 6.07) is 10.3. The first-order valence-electron chi connectivity index (χ1n) is 9.69. The van der Waals surface area contributed by atoms with Crippen molar-refractivity contribution in [3.05, 3.63) is 63.7 Å². The maximum Gasteiger partial charge on any atom is 0.170 e. The summed E-state index contributed by atoms with van der Waals surface area (Å²) in [5, 5.41) is 17.0. The molecule has 0 saturated carbocycles. The molecule has 2 heterocycles. The lowest BCUT2D eigenvalue weighted by Crippen LogP contribution is -2.30. The fourth-order valence-corrected chi connectivity index (χ4v) is 3.61. The van der Waals surface area contributed by atoms with Crippen molar-refractivity contribution in [2.24, 2.45) is 0 Å². The Kier molecular flexibility index (Phi) is 6.92. The first kappa shape index (κ1) is 21.3. The van der Waals surface area contributed by atoms with Crippen molar-refractivity contribution in [2.75, 3.05) is 11.9 Å². The van der Waals surface area contributed by atoms with Crippen LogP contribution in [0.4, 0.5) is 5.69 Å². The van der Waals surface area contributed by atoms with Crippen LogP contribution in [0.3, 0.4) is 0 Å². The summed E-state index contributed by atoms with van der Waals surface area (Å²) in [6.45, 7) is 10.2. The minimum atomic E-state index is 0.599. The normalized spacial score (nSPS) is 10.9. The molecule has 1 aromatic carbocycles. The fourth-order valence-electron chi connectivity index (χ4n) is 3.27. The van der Waals surface area contributed by atoms with E-state index in [2.05, 4.69) is 39.9 Å². The van der Waals surface area contributed by atoms with Crippen LogP contribution in [0.15, 0.2) is 30.3 Å². The van der Waals surface area contributed by atoms with Gasteiger partial charge in [0.25, 0.3) is 0 Å². The van der Waals surface area contributed by atoms with Crippen molar-refractivity contribution in [3.63, 3.8) is 0 Å². The molecule has 0 aliphatic heterocycles. The Bertz CT molecular complexity index is 993. The van der Waals surface area contributed by atoms with Gasteiger partial charge >= 0.3 is 0 Å². The molecule has 29 heavy (non-hydrogen) atoms. The van der Waals surface area contributed by atoms with E-state index in [1.807, 2.05) is 48.3 Å². The Labute approximate surface area is 182 Å². The van der Waals surface area contributed by atoms with Gasteiger partial charge in [-0.2, -0.15) is 10.2 Å². The monoisotopic (exact) mass is 430 g/mol. The topological polar surface area (TPSA) is 59.7 Å². The number of aromatic nitrogens is 4. The molecular weight excluding hydrogens is 404 g/mol. The van der Waals surface area contributed by atoms with Crippen LogP contribution in [-0.4, -0.2) is 31.2 Å². The zero-order valence-corrected chi connectivity index (χ0v) is 18.9. The van der Waals surface area contributed by atoms with Crippen LogP contribution in [0.25, 0.3) is 0 Å². The minimum Gasteiger partial charge on any atom is -0.362 e. The maximum absolute atomic E-state index is 6.20. The highest BCUT2D eigenvalue weighted by atomic mass is 35.5. The summed E-state index contributed by atoms with van der Waals surface area (Å²) in [5.74, 6) is 0. The van der Waals surface area contributed by atoms with E-state index in [0.717, 1.165) is 59.5 Å². The van der Waals surface area contributed by atoms with E-state index < -0.39 is 0 Å². The zero-order chi connectivity index (χ0) is 21.0. The number of rotatable bonds is 7. The highest BCUT2D eigenvalue weighted by molar-refractivity contribution is 7.80. The zero-order valence-electron chi connectivity index (χ0n) is 17.3. The van der Waals surface area contributed by atoms with Gasteiger partial charge in [0.2, 0.25) is 0 Å². The molecule has 0 atom stereocenters. The largest absolute Gasteiger partial charge is 0.362 e. The molecule has 8 heteroatoms. The Morgan fingerprint density at radius 2 is 1.69 bits per heavy atom. The van der Waals surface area contributed by atoms with Gasteiger partial charge in [-0.05, 0) is 51.9 Å². The van der Waals surface area contributed by atoms with Crippen LogP contribution >= 0.6 is 23.8 Å². The van der Waals surface area contributed by atoms with Crippen LogP contribution in [0, 0.1) is 27.7 Å². The van der Waals surface area contributed by atoms with Gasteiger partial charge < -0.3 is 10.6 Å². The Morgan fingerprint density at radius 1 is 1.00 bits per heavy atom. The van der Waals surface area contributed by atoms with Crippen molar-refractivity contribution in [1.29, 1.82) is 0 Å². The van der Waals surface area contributed by atoms with Gasteiger partial charge in [0, 0.05) is 13.1 Å². The highest BCUT2D eigenvalue weighted by Gasteiger charge is 2.13. The summed E-state index contributed by atoms with van der Waals surface area (Å²) in [5.41, 5.74) is 6.04. The molecule has 2 N–H and O–H groups in total. The second kappa shape index (κ2) is 9.41. The van der Waals surface area contributed by atoms with Gasteiger partial charge in [-0.1, -0.05) is 41.9 Å². The molecule has 6 nitrogen and oxygen atoms in total. The number of hydrogen-bond donors (Lipinski definition) is 2. The number of anilines is 1. The third-order valence-corrected chi connectivity index (χ3v) is 5.71. The summed E-state index contributed by atoms with van der Waals surface area (Å²) in [6.07, 6.45) is 0.894. The highest BCUT2D eigenvalue weighted by Crippen LogP contribution is 2.21. The molecule has 0 bridgehead atoms. The SMILES string of the molecule is Cc1nn(CCCNC(=S)Nc2c(C)nn(Cc3ccccc3)c2C)c(C)c1Cl. The second-order valence-corrected chi connectivity index (χ2v) is 7.92. The summed E-state index contributed by atoms with van der Waals surface area (Å²) >= 11 is 11.7. The van der Waals surface area contributed by atoms with Crippen LogP contribution in [-0.2, 0) is 13.1 Å². The fraction of sp³-hybridized carbons (Fsp3) is 0.381. The first-order chi connectivity index (χ1) is 13.9. The number of aryl methyl sites for hydroxylation is 3. The molecule has 154 valence electrons. The van der Waals surface area contributed by atoms with E-state index >= 15 is 0 Å². The molecule has 0 saturated heterocycles. The van der Waals surface area contributed by atoms with Gasteiger partial charge in [0.1, 0.15) is 0 Å². The third kappa shape index (κ3) is 5.16. The van der Waals surface area contributed by atoms with Crippen molar-refractivity contribution in [2.45, 2.75) is 47.2 Å². The standard InChI is InChI=1S/C21H27ClN6S/c1-14-19(22)16(3)27(25-14)12-8-11-23-21(29)24-20-15(2)26-28(17(20)4)13-18-9-6-5-7-10-18/h5-7,9-10H,8,11-13H2,1-4H3,(H2,23,24,29). The van der Waals surface area contributed by atoms with Gasteiger partial charge in [0.15, 0.2) is 5.11 Å². The molecule has 0 unspecified atom stereocenters. The molecule has 3 aromatic rings. The van der Waals surface area contributed by atoms with Crippen LogP contribution in [0.2, 0.25) is 5.02 Å². The van der Waals surface area contributed by atoms with E-state index in [1.54, 1.807) is 0 Å². The van der Waals surface area contributed by atoms with Crippen LogP contribution < -0.4 is 10.6 Å². The average molecular weight is 431 g/mol. The van der Waals surface area contributed by atoms with E-state index in [9.17, 15) is 0 Å². The number of nitrogens with zero attached hydrogens (tertiary/aromatic N) is 4. The quantitative estimate of drug-likeness (QED) is 0.430. The number of benzene rings is 1. The number of thiocarbonyl (C=S) groups is 1. The predicted octanol–water partition coefficient (Wildman–Crippen LogP) is 4.39. The molecule has 0 amide bonds. The second-order valence-electron chi connectivity index (χ2n) is 7.13. The lowest BCUT2D eigenvalue weighted by atomic mass is 10.2. The third-order valence-electron chi connectivity index (χ3n) is 4.92. The lowest BCUT2D eigenvalue weighted by Gasteiger charge is -2.12. The molecule has 0 aliphatic carbocycles. The summed E-state index contributed by atoms with van der Waals surface area (Å²) in [4.78, 5) is 0. The Balaban J connectivity index is 1.52. The lowest BCUT2D eigenvalue weighted by molar-refractivity contribution is 0.558. The average Bonchev–Trinajstić information content (AvgIpc) is 3.10. The summed E-state index contributed by atoms with van der Waals surface area (Å²) < 4.78 is 3.94. The van der Waals surface area contributed by atoms with E-state index in [4.69, 9.17) is 23.8 Å². The van der Waals surface area contributed by atoms with Crippen molar-refractivity contribution in [1.82, 2.24) is 24.9 Å². The molecule has 3 rings (SSSR count). The number of halogens is 1. The molecular formula is C21H27ClN6S. The summed E-state index contributed by atoms with van der Waals surface area (Å²) in [7, 11) is 0. The predicted molar refractivity (Wildman–Crippen MR) is 123 cm³/mol. The van der Waals surface area contributed by atoms with Crippen LogP contribution in [0.1, 0.15) is 34.8 Å². The number of hydrogen-bond acceptors (Lipinski definition) is 3. The Morgan fingerprint density at radius 3 is 2.34 bits per heavy atom. The van der Waals surface area contributed by atoms with Crippen molar-refractivity contribution < 1.29 is 0 Å². The van der Waals surface area contributed by atoms with Crippen molar-refractivity contribution >= 4 is 34.6 Å². The first-order valence-corrected chi connectivity index (χ1v) is 10.5. The molecule has 2 aromatic heterocycles. The van der Waals surface area contributed by atoms with E-state index in [0.29, 0.717) is 5.11 Å². The van der Waals surface area contributed by atoms with E-state index in [1.165, 1.54) is 5.56 Å². The molecule has 0 spiro atoms. The molecule has 0 radical (unpaired) electrons. The van der Waals surface area contributed by atoms with Gasteiger partial charge in [-0.15, -0.1) is 0 Å². The Hall–Kier alpha value is -2.38. The smallest absolute Gasteiger partial charge is 0.170 e. The maximum atomic E-state index is 6.20. The van der Waals surface area contributed by atoms with E-state index in [-0.39, 0.29) is 0 Å². The number of nitrogens with one attached hydrogen (secondary N) is 2. The van der Waals surface area contributed by atoms with Crippen molar-refractivity contribution in [3.8, 4) is 0 Å².